The summed E-state index contributed by atoms with van der Waals surface area (Å²) >= 11 is 1.44. The first-order chi connectivity index (χ1) is 1.00. The van der Waals surface area contributed by atoms with Gasteiger partial charge in [0.05, 0.1) is 0 Å². The van der Waals surface area contributed by atoms with Gasteiger partial charge in [0.25, 0.3) is 0 Å². The molecule has 0 aliphatic heterocycles. The maximum absolute atomic E-state index is 8.11. The van der Waals surface area contributed by atoms with E-state index in [0.29, 0.717) is 0 Å². The molecule has 0 saturated carbocycles. The summed E-state index contributed by atoms with van der Waals surface area (Å²) < 4.78 is 8.11. The fourth-order valence-electron chi connectivity index (χ4n) is 0. The topological polar surface area (TPSA) is 17.1 Å². The normalized spacial score (nSPS) is 1.00. The Morgan fingerprint density at radius 3 is 1.33 bits per heavy atom. The summed E-state index contributed by atoms with van der Waals surface area (Å²) in [6.45, 7) is 0. The third-order valence-electron chi connectivity index (χ3n) is 0. The van der Waals surface area contributed by atoms with E-state index in [0.717, 1.165) is 0 Å². The van der Waals surface area contributed by atoms with Gasteiger partial charge in [0.1, 0.15) is 0 Å². The van der Waals surface area contributed by atoms with Crippen LogP contribution in [0.3, 0.4) is 0 Å². The van der Waals surface area contributed by atoms with Crippen molar-refractivity contribution in [3.05, 3.63) is 0 Å². The van der Waals surface area contributed by atoms with Gasteiger partial charge in [-0.05, 0) is 0 Å². The summed E-state index contributed by atoms with van der Waals surface area (Å²) in [4.78, 5) is 0. The Morgan fingerprint density at radius 1 is 1.33 bits per heavy atom. The molecule has 0 aromatic carbocycles. The van der Waals surface area contributed by atoms with Crippen LogP contribution in [0.15, 0.2) is 0 Å². The van der Waals surface area contributed by atoms with E-state index in [1.165, 1.54) is 44.8 Å². The molecule has 0 saturated heterocycles. The van der Waals surface area contributed by atoms with Crippen molar-refractivity contribution < 1.29 is 149 Å². The molecule has 6 heavy (non-hydrogen) atoms. The molecule has 35 valence electrons. The van der Waals surface area contributed by atoms with Crippen molar-refractivity contribution in [3.8, 4) is 0 Å². The molecule has 0 amide bonds. The second-order valence-corrected chi connectivity index (χ2v) is 0. The van der Waals surface area contributed by atoms with E-state index in [2.05, 4.69) is 0 Å². The predicted molar refractivity (Wildman–Crippen MR) is 8.66 cm³/mol. The van der Waals surface area contributed by atoms with Crippen LogP contribution in [0.5, 0.6) is 0 Å². The quantitative estimate of drug-likeness (QED) is 0.331. The Hall–Kier alpha value is 6.25. The van der Waals surface area contributed by atoms with Gasteiger partial charge in [-0.25, -0.2) is 0 Å². The van der Waals surface area contributed by atoms with Gasteiger partial charge in [0.2, 0.25) is 0 Å². The minimum Gasteiger partial charge on any atom is 0 e. The average Bonchev–Trinajstić information content (AvgIpc) is 1.00. The SMILES string of the molecule is [Ba+2].[Ce].[H-].[H-].[O]=[Yb].[Y].[Zr]. The number of hydrogen-bond acceptors (Lipinski definition) is 1. The summed E-state index contributed by atoms with van der Waals surface area (Å²) in [5.74, 6) is 0. The minimum absolute atomic E-state index is 0. The fraction of sp³-hybridized carbons (Fsp3) is 0. The Bertz CT molecular complexity index is 22.0. The molecule has 0 fully saturated rings. The minimum atomic E-state index is 0. The molecule has 0 bridgehead atoms. The van der Waals surface area contributed by atoms with Gasteiger partial charge < -0.3 is 2.85 Å². The first-order valence-corrected chi connectivity index (χ1v) is 0.809. The molecule has 0 unspecified atom stereocenters. The summed E-state index contributed by atoms with van der Waals surface area (Å²) in [5.41, 5.74) is 0. The van der Waals surface area contributed by atoms with Crippen LogP contribution < -0.4 is 0 Å². The van der Waals surface area contributed by atoms with Crippen LogP contribution in [0, 0.1) is 86.6 Å². The van der Waals surface area contributed by atoms with Crippen molar-refractivity contribution >= 4 is 48.9 Å². The Morgan fingerprint density at radius 2 is 1.33 bits per heavy atom. The maximum atomic E-state index is 8.11. The van der Waals surface area contributed by atoms with Gasteiger partial charge in [-0.3, -0.25) is 0 Å². The van der Waals surface area contributed by atoms with Crippen LogP contribution in [0.1, 0.15) is 2.85 Å². The molecule has 0 aliphatic carbocycles. The van der Waals surface area contributed by atoms with Gasteiger partial charge in [-0.2, -0.15) is 0 Å². The van der Waals surface area contributed by atoms with Crippen LogP contribution in [0.25, 0.3) is 0 Å². The number of rotatable bonds is 0. The third kappa shape index (κ3) is 22.5. The molecule has 0 heterocycles. The van der Waals surface area contributed by atoms with E-state index in [1.54, 1.807) is 0 Å². The Labute approximate surface area is 190 Å². The molecular formula is H2BaCeOYYbZr. The largest absolute Gasteiger partial charge is 0 e. The third-order valence-corrected chi connectivity index (χ3v) is 0. The zero-order valence-electron chi connectivity index (χ0n) is 4.96. The van der Waals surface area contributed by atoms with E-state index in [4.69, 9.17) is 0.288 Å². The van der Waals surface area contributed by atoms with E-state index in [9.17, 15) is 0 Å². The summed E-state index contributed by atoms with van der Waals surface area (Å²) in [6.07, 6.45) is 0. The van der Waals surface area contributed by atoms with Crippen LogP contribution >= 0.6 is 0 Å². The molecule has 0 N–H and O–H groups in total. The second-order valence-electron chi connectivity index (χ2n) is 0. The van der Waals surface area contributed by atoms with Crippen LogP contribution in [-0.2, 0) is 59.2 Å². The molecule has 0 atom stereocenters. The van der Waals surface area contributed by atoms with E-state index < -0.39 is 0 Å². The molecule has 6 heteroatoms. The van der Waals surface area contributed by atoms with Gasteiger partial charge in [0, 0.05) is 101 Å². The van der Waals surface area contributed by atoms with Crippen LogP contribution in [-0.4, -0.2) is 48.9 Å². The molecule has 0 rings (SSSR count). The monoisotopic (exact) mass is 649 g/mol. The van der Waals surface area contributed by atoms with Crippen molar-refractivity contribution in [2.75, 3.05) is 0 Å². The Kier molecular flexibility index (Phi) is 149. The smallest absolute Gasteiger partial charge is 0 e. The molecule has 0 aromatic rings. The van der Waals surface area contributed by atoms with Crippen molar-refractivity contribution in [3.63, 3.8) is 0 Å². The van der Waals surface area contributed by atoms with Gasteiger partial charge in [-0.15, -0.1) is 0 Å². The van der Waals surface area contributed by atoms with Crippen LogP contribution in [0.4, 0.5) is 0 Å². The maximum Gasteiger partial charge on any atom is 0 e. The molecule has 0 aliphatic rings. The molecule has 0 aromatic heterocycles. The average molecular weight is 649 g/mol. The molecular weight excluding hydrogens is 647 g/mol. The van der Waals surface area contributed by atoms with Gasteiger partial charge in [0.15, 0.2) is 0 Å². The molecule has 1 radical (unpaired) electrons. The first kappa shape index (κ1) is 29.5. The second kappa shape index (κ2) is 30.3. The standard InChI is InChI=1S/Ba.Ce.O.Y.Yb.Zr.2H/q+2;;;;;;2*-1. The van der Waals surface area contributed by atoms with Gasteiger partial charge >= 0.3 is 94.0 Å². The van der Waals surface area contributed by atoms with Crippen molar-refractivity contribution in [2.24, 2.45) is 0 Å². The van der Waals surface area contributed by atoms with Crippen molar-refractivity contribution in [1.82, 2.24) is 0 Å². The fourth-order valence-corrected chi connectivity index (χ4v) is 0. The zero-order valence-corrected chi connectivity index (χ0v) is 17.6. The van der Waals surface area contributed by atoms with Crippen molar-refractivity contribution in [2.45, 2.75) is 0 Å². The molecule has 0 spiro atoms. The van der Waals surface area contributed by atoms with Gasteiger partial charge in [-0.1, -0.05) is 0 Å². The first-order valence-electron chi connectivity index (χ1n) is 0.109. The number of hydrogen-bond donors (Lipinski definition) is 0. The van der Waals surface area contributed by atoms with E-state index in [-0.39, 0.29) is 152 Å². The Balaban J connectivity index is -0.000000000333. The van der Waals surface area contributed by atoms with Crippen molar-refractivity contribution in [1.29, 1.82) is 0 Å². The summed E-state index contributed by atoms with van der Waals surface area (Å²) in [6, 6.07) is 0. The zero-order chi connectivity index (χ0) is 2.00. The summed E-state index contributed by atoms with van der Waals surface area (Å²) in [5, 5.41) is 0. The van der Waals surface area contributed by atoms with E-state index in [1.807, 2.05) is 0 Å². The summed E-state index contributed by atoms with van der Waals surface area (Å²) in [7, 11) is 0. The predicted octanol–water partition coefficient (Wildman–Crippen LogP) is -0.280. The molecule has 1 nitrogen and oxygen atoms in total. The van der Waals surface area contributed by atoms with E-state index >= 15 is 0 Å². The van der Waals surface area contributed by atoms with Crippen LogP contribution in [0.2, 0.25) is 0 Å².